The Hall–Kier alpha value is -0.920. The molecule has 2 unspecified atom stereocenters. The van der Waals surface area contributed by atoms with E-state index in [0.717, 1.165) is 4.47 Å². The highest BCUT2D eigenvalue weighted by Crippen LogP contribution is 2.29. The van der Waals surface area contributed by atoms with Gasteiger partial charge >= 0.3 is 0 Å². The predicted octanol–water partition coefficient (Wildman–Crippen LogP) is 1.11. The molecule has 0 aliphatic carbocycles. The van der Waals surface area contributed by atoms with Gasteiger partial charge < -0.3 is 9.84 Å². The molecule has 5 nitrogen and oxygen atoms in total. The minimum absolute atomic E-state index is 0.234. The second kappa shape index (κ2) is 5.22. The van der Waals surface area contributed by atoms with Gasteiger partial charge in [-0.3, -0.25) is 4.79 Å². The van der Waals surface area contributed by atoms with Gasteiger partial charge in [-0.2, -0.15) is 0 Å². The molecule has 0 radical (unpaired) electrons. The number of aryl methyl sites for hydroxylation is 1. The maximum absolute atomic E-state index is 11.4. The first-order valence-electron chi connectivity index (χ1n) is 5.63. The zero-order valence-corrected chi connectivity index (χ0v) is 12.6. The van der Waals surface area contributed by atoms with Crippen LogP contribution in [0.2, 0.25) is 0 Å². The van der Waals surface area contributed by atoms with E-state index in [1.54, 1.807) is 19.1 Å². The molecule has 7 heteroatoms. The molecule has 0 amide bonds. The van der Waals surface area contributed by atoms with Crippen molar-refractivity contribution in [2.45, 2.75) is 19.1 Å². The molecule has 1 saturated heterocycles. The fourth-order valence-corrected chi connectivity index (χ4v) is 4.32. The summed E-state index contributed by atoms with van der Waals surface area (Å²) in [6.45, 7) is 1.75. The largest absolute Gasteiger partial charge is 0.486 e. The highest BCUT2D eigenvalue weighted by molar-refractivity contribution is 9.10. The van der Waals surface area contributed by atoms with Gasteiger partial charge in [0.1, 0.15) is 18.0 Å². The van der Waals surface area contributed by atoms with Crippen molar-refractivity contribution in [1.29, 1.82) is 0 Å². The van der Waals surface area contributed by atoms with Gasteiger partial charge in [0, 0.05) is 4.47 Å². The molecular formula is C12H13BrO5S. The van der Waals surface area contributed by atoms with Crippen molar-refractivity contribution < 1.29 is 23.1 Å². The Morgan fingerprint density at radius 1 is 1.42 bits per heavy atom. The SMILES string of the molecule is Cc1cc(Br)cc(C=O)c1OC1CS(=O)(=O)CC1O. The third kappa shape index (κ3) is 3.16. The van der Waals surface area contributed by atoms with Crippen LogP contribution in [0.4, 0.5) is 0 Å². The second-order valence-electron chi connectivity index (χ2n) is 4.56. The van der Waals surface area contributed by atoms with Crippen LogP contribution >= 0.6 is 15.9 Å². The lowest BCUT2D eigenvalue weighted by molar-refractivity contribution is 0.0724. The average Bonchev–Trinajstić information content (AvgIpc) is 2.55. The van der Waals surface area contributed by atoms with Crippen molar-refractivity contribution in [1.82, 2.24) is 0 Å². The number of halogens is 1. The molecular weight excluding hydrogens is 336 g/mol. The molecule has 19 heavy (non-hydrogen) atoms. The number of sulfone groups is 1. The Morgan fingerprint density at radius 3 is 2.63 bits per heavy atom. The molecule has 0 bridgehead atoms. The quantitative estimate of drug-likeness (QED) is 0.827. The van der Waals surface area contributed by atoms with Gasteiger partial charge in [0.05, 0.1) is 17.1 Å². The van der Waals surface area contributed by atoms with E-state index in [9.17, 15) is 18.3 Å². The lowest BCUT2D eigenvalue weighted by atomic mass is 10.1. The van der Waals surface area contributed by atoms with Crippen LogP contribution in [0.1, 0.15) is 15.9 Å². The van der Waals surface area contributed by atoms with Crippen LogP contribution in [0, 0.1) is 6.92 Å². The maximum atomic E-state index is 11.4. The minimum atomic E-state index is -3.28. The van der Waals surface area contributed by atoms with Gasteiger partial charge in [0.25, 0.3) is 0 Å². The van der Waals surface area contributed by atoms with Crippen LogP contribution in [0.15, 0.2) is 16.6 Å². The van der Waals surface area contributed by atoms with Crippen LogP contribution in [0.3, 0.4) is 0 Å². The van der Waals surface area contributed by atoms with Crippen molar-refractivity contribution in [3.63, 3.8) is 0 Å². The van der Waals surface area contributed by atoms with Crippen LogP contribution in [0.25, 0.3) is 0 Å². The number of benzene rings is 1. The summed E-state index contributed by atoms with van der Waals surface area (Å²) in [6.07, 6.45) is -1.25. The fraction of sp³-hybridized carbons (Fsp3) is 0.417. The second-order valence-corrected chi connectivity index (χ2v) is 7.63. The molecule has 104 valence electrons. The maximum Gasteiger partial charge on any atom is 0.156 e. The molecule has 1 aromatic carbocycles. The van der Waals surface area contributed by atoms with Gasteiger partial charge in [-0.1, -0.05) is 15.9 Å². The summed E-state index contributed by atoms with van der Waals surface area (Å²) in [5, 5.41) is 9.69. The topological polar surface area (TPSA) is 80.7 Å². The summed E-state index contributed by atoms with van der Waals surface area (Å²) < 4.78 is 29.1. The lowest BCUT2D eigenvalue weighted by Gasteiger charge is -2.19. The van der Waals surface area contributed by atoms with Crippen molar-refractivity contribution in [3.05, 3.63) is 27.7 Å². The number of carbonyl (C=O) groups is 1. The first-order valence-corrected chi connectivity index (χ1v) is 8.24. The summed E-state index contributed by atoms with van der Waals surface area (Å²) in [4.78, 5) is 11.0. The number of carbonyl (C=O) groups excluding carboxylic acids is 1. The van der Waals surface area contributed by atoms with E-state index in [1.807, 2.05) is 0 Å². The monoisotopic (exact) mass is 348 g/mol. The van der Waals surface area contributed by atoms with E-state index in [-0.39, 0.29) is 11.5 Å². The normalized spacial score (nSPS) is 25.2. The molecule has 1 aliphatic rings. The Labute approximate surface area is 119 Å². The Kier molecular flexibility index (Phi) is 3.98. The van der Waals surface area contributed by atoms with E-state index in [4.69, 9.17) is 4.74 Å². The fourth-order valence-electron chi connectivity index (χ4n) is 2.07. The smallest absolute Gasteiger partial charge is 0.156 e. The zero-order chi connectivity index (χ0) is 14.2. The summed E-state index contributed by atoms with van der Waals surface area (Å²) >= 11 is 3.27. The minimum Gasteiger partial charge on any atom is -0.486 e. The highest BCUT2D eigenvalue weighted by Gasteiger charge is 2.38. The van der Waals surface area contributed by atoms with E-state index < -0.39 is 22.0 Å². The number of rotatable bonds is 3. The number of hydrogen-bond donors (Lipinski definition) is 1. The highest BCUT2D eigenvalue weighted by atomic mass is 79.9. The summed E-state index contributed by atoms with van der Waals surface area (Å²) in [5.74, 6) is -0.217. The van der Waals surface area contributed by atoms with Crippen molar-refractivity contribution in [3.8, 4) is 5.75 Å². The van der Waals surface area contributed by atoms with Crippen LogP contribution in [-0.2, 0) is 9.84 Å². The summed E-state index contributed by atoms with van der Waals surface area (Å²) in [5.41, 5.74) is 1.02. The van der Waals surface area contributed by atoms with Gasteiger partial charge in [-0.15, -0.1) is 0 Å². The zero-order valence-electron chi connectivity index (χ0n) is 10.2. The average molecular weight is 349 g/mol. The summed E-state index contributed by atoms with van der Waals surface area (Å²) in [6, 6.07) is 3.35. The molecule has 1 fully saturated rings. The third-order valence-electron chi connectivity index (χ3n) is 2.94. The Balaban J connectivity index is 2.32. The van der Waals surface area contributed by atoms with Crippen molar-refractivity contribution in [2.24, 2.45) is 0 Å². The van der Waals surface area contributed by atoms with E-state index in [2.05, 4.69) is 15.9 Å². The van der Waals surface area contributed by atoms with Gasteiger partial charge in [0.2, 0.25) is 0 Å². The number of ether oxygens (including phenoxy) is 1. The molecule has 1 aromatic rings. The number of hydrogen-bond acceptors (Lipinski definition) is 5. The summed E-state index contributed by atoms with van der Waals surface area (Å²) in [7, 11) is -3.28. The molecule has 0 spiro atoms. The Bertz CT molecular complexity index is 611. The van der Waals surface area contributed by atoms with Crippen LogP contribution in [0.5, 0.6) is 5.75 Å². The molecule has 0 aromatic heterocycles. The third-order valence-corrected chi connectivity index (χ3v) is 5.08. The van der Waals surface area contributed by atoms with Crippen LogP contribution < -0.4 is 4.74 Å². The number of aldehydes is 1. The van der Waals surface area contributed by atoms with Crippen molar-refractivity contribution >= 4 is 32.1 Å². The van der Waals surface area contributed by atoms with E-state index >= 15 is 0 Å². The molecule has 1 heterocycles. The number of aliphatic hydroxyl groups excluding tert-OH is 1. The predicted molar refractivity (Wildman–Crippen MR) is 73.3 cm³/mol. The lowest BCUT2D eigenvalue weighted by Crippen LogP contribution is -2.30. The van der Waals surface area contributed by atoms with Gasteiger partial charge in [-0.05, 0) is 24.6 Å². The number of aliphatic hydroxyl groups is 1. The first kappa shape index (κ1) is 14.5. The van der Waals surface area contributed by atoms with Crippen LogP contribution in [-0.4, -0.2) is 43.5 Å². The first-order chi connectivity index (χ1) is 8.82. The Morgan fingerprint density at radius 2 is 2.11 bits per heavy atom. The van der Waals surface area contributed by atoms with Gasteiger partial charge in [-0.25, -0.2) is 8.42 Å². The van der Waals surface area contributed by atoms with Gasteiger partial charge in [0.15, 0.2) is 16.1 Å². The van der Waals surface area contributed by atoms with E-state index in [1.165, 1.54) is 0 Å². The molecule has 1 N–H and O–H groups in total. The molecule has 0 saturated carbocycles. The molecule has 2 atom stereocenters. The van der Waals surface area contributed by atoms with E-state index in [0.29, 0.717) is 23.2 Å². The van der Waals surface area contributed by atoms with Crippen molar-refractivity contribution in [2.75, 3.05) is 11.5 Å². The standard InChI is InChI=1S/C12H13BrO5S/c1-7-2-9(13)3-8(4-14)12(7)18-11-6-19(16,17)5-10(11)15/h2-4,10-11,15H,5-6H2,1H3. The molecule has 2 rings (SSSR count). The molecule has 1 aliphatic heterocycles.